The molecule has 0 bridgehead atoms. The van der Waals surface area contributed by atoms with Gasteiger partial charge in [-0.1, -0.05) is 18.5 Å². The van der Waals surface area contributed by atoms with Gasteiger partial charge < -0.3 is 0 Å². The number of halogens is 2. The predicted octanol–water partition coefficient (Wildman–Crippen LogP) is 2.83. The minimum Gasteiger partial charge on any atom is -0.263 e. The maximum absolute atomic E-state index is 13.4. The third kappa shape index (κ3) is 1.99. The lowest BCUT2D eigenvalue weighted by molar-refractivity contribution is 0.630. The number of nitrogens with one attached hydrogen (secondary N) is 1. The van der Waals surface area contributed by atoms with Gasteiger partial charge in [0.25, 0.3) is 0 Å². The largest absolute Gasteiger partial charge is 0.263 e. The zero-order chi connectivity index (χ0) is 10.8. The maximum Gasteiger partial charge on any atom is 0.184 e. The number of aromatic nitrogens is 3. The molecular weight excluding hydrogens is 217 g/mol. The molecule has 0 spiro atoms. The Morgan fingerprint density at radius 1 is 1.47 bits per heavy atom. The molecule has 0 atom stereocenters. The molecule has 1 aromatic heterocycles. The number of nitrogens with zero attached hydrogens (tertiary/aromatic N) is 2. The molecule has 0 aliphatic carbocycles. The van der Waals surface area contributed by atoms with Crippen LogP contribution in [-0.4, -0.2) is 15.2 Å². The Balaban J connectivity index is 2.48. The van der Waals surface area contributed by atoms with Crippen molar-refractivity contribution in [2.45, 2.75) is 13.3 Å². The highest BCUT2D eigenvalue weighted by atomic mass is 35.5. The van der Waals surface area contributed by atoms with Gasteiger partial charge in [0.05, 0.1) is 5.56 Å². The molecule has 5 heteroatoms. The number of hydrogen-bond donors (Lipinski definition) is 1. The van der Waals surface area contributed by atoms with E-state index in [1.807, 2.05) is 6.92 Å². The highest BCUT2D eigenvalue weighted by molar-refractivity contribution is 6.30. The number of aromatic amines is 1. The molecule has 0 radical (unpaired) electrons. The van der Waals surface area contributed by atoms with Crippen LogP contribution in [0.1, 0.15) is 12.7 Å². The van der Waals surface area contributed by atoms with Crippen LogP contribution in [0.15, 0.2) is 18.2 Å². The maximum atomic E-state index is 13.4. The van der Waals surface area contributed by atoms with E-state index in [0.717, 1.165) is 12.2 Å². The van der Waals surface area contributed by atoms with E-state index in [0.29, 0.717) is 16.4 Å². The van der Waals surface area contributed by atoms with Crippen molar-refractivity contribution in [3.05, 3.63) is 34.9 Å². The van der Waals surface area contributed by atoms with Crippen molar-refractivity contribution in [1.29, 1.82) is 0 Å². The highest BCUT2D eigenvalue weighted by Crippen LogP contribution is 2.22. The second-order valence-corrected chi connectivity index (χ2v) is 3.52. The standard InChI is InChI=1S/C10H9ClFN3/c1-2-9-13-10(15-14-9)7-5-6(11)3-4-8(7)12/h3-5H,2H2,1H3,(H,13,14,15). The minimum absolute atomic E-state index is 0.318. The van der Waals surface area contributed by atoms with E-state index in [2.05, 4.69) is 15.2 Å². The average molecular weight is 226 g/mol. The first-order chi connectivity index (χ1) is 7.20. The summed E-state index contributed by atoms with van der Waals surface area (Å²) in [7, 11) is 0. The van der Waals surface area contributed by atoms with Crippen molar-refractivity contribution in [3.8, 4) is 11.4 Å². The zero-order valence-corrected chi connectivity index (χ0v) is 8.85. The highest BCUT2D eigenvalue weighted by Gasteiger charge is 2.10. The van der Waals surface area contributed by atoms with Gasteiger partial charge in [-0.2, -0.15) is 5.10 Å². The van der Waals surface area contributed by atoms with E-state index in [4.69, 9.17) is 11.6 Å². The third-order valence-electron chi connectivity index (χ3n) is 2.04. The summed E-state index contributed by atoms with van der Waals surface area (Å²) < 4.78 is 13.4. The molecule has 78 valence electrons. The molecule has 1 aromatic carbocycles. The first-order valence-electron chi connectivity index (χ1n) is 4.57. The second kappa shape index (κ2) is 3.98. The van der Waals surface area contributed by atoms with Gasteiger partial charge in [-0.3, -0.25) is 5.10 Å². The third-order valence-corrected chi connectivity index (χ3v) is 2.27. The quantitative estimate of drug-likeness (QED) is 0.854. The molecule has 3 nitrogen and oxygen atoms in total. The summed E-state index contributed by atoms with van der Waals surface area (Å²) in [5.74, 6) is 0.692. The first kappa shape index (κ1) is 10.1. The number of hydrogen-bond acceptors (Lipinski definition) is 2. The van der Waals surface area contributed by atoms with Gasteiger partial charge in [0, 0.05) is 11.4 Å². The smallest absolute Gasteiger partial charge is 0.184 e. The van der Waals surface area contributed by atoms with E-state index in [1.54, 1.807) is 0 Å². The van der Waals surface area contributed by atoms with Crippen molar-refractivity contribution in [2.24, 2.45) is 0 Å². The lowest BCUT2D eigenvalue weighted by Gasteiger charge is -1.97. The lowest BCUT2D eigenvalue weighted by Crippen LogP contribution is -1.87. The van der Waals surface area contributed by atoms with E-state index in [1.165, 1.54) is 18.2 Å². The summed E-state index contributed by atoms with van der Waals surface area (Å²) in [5.41, 5.74) is 0.318. The molecule has 0 saturated carbocycles. The molecular formula is C10H9ClFN3. The van der Waals surface area contributed by atoms with Crippen LogP contribution in [0.5, 0.6) is 0 Å². The molecule has 0 aliphatic rings. The van der Waals surface area contributed by atoms with Crippen molar-refractivity contribution >= 4 is 11.6 Å². The van der Waals surface area contributed by atoms with Crippen molar-refractivity contribution in [3.63, 3.8) is 0 Å². The fraction of sp³-hybridized carbons (Fsp3) is 0.200. The SMILES string of the molecule is CCc1nc(-c2cc(Cl)ccc2F)n[nH]1. The van der Waals surface area contributed by atoms with E-state index >= 15 is 0 Å². The zero-order valence-electron chi connectivity index (χ0n) is 8.09. The van der Waals surface area contributed by atoms with Crippen LogP contribution in [0.3, 0.4) is 0 Å². The summed E-state index contributed by atoms with van der Waals surface area (Å²) >= 11 is 5.77. The molecule has 0 fully saturated rings. The van der Waals surface area contributed by atoms with E-state index < -0.39 is 0 Å². The summed E-state index contributed by atoms with van der Waals surface area (Å²) in [4.78, 5) is 4.14. The molecule has 0 unspecified atom stereocenters. The molecule has 2 aromatic rings. The van der Waals surface area contributed by atoms with Gasteiger partial charge in [0.15, 0.2) is 5.82 Å². The Morgan fingerprint density at radius 2 is 2.27 bits per heavy atom. The number of benzene rings is 1. The summed E-state index contributed by atoms with van der Waals surface area (Å²) in [5, 5.41) is 7.12. The normalized spacial score (nSPS) is 10.6. The lowest BCUT2D eigenvalue weighted by atomic mass is 10.2. The molecule has 0 amide bonds. The van der Waals surface area contributed by atoms with Gasteiger partial charge >= 0.3 is 0 Å². The monoisotopic (exact) mass is 225 g/mol. The van der Waals surface area contributed by atoms with Crippen molar-refractivity contribution < 1.29 is 4.39 Å². The number of aryl methyl sites for hydroxylation is 1. The van der Waals surface area contributed by atoms with Gasteiger partial charge in [0.2, 0.25) is 0 Å². The Bertz CT molecular complexity index is 481. The second-order valence-electron chi connectivity index (χ2n) is 3.08. The fourth-order valence-corrected chi connectivity index (χ4v) is 1.41. The molecule has 0 aliphatic heterocycles. The summed E-state index contributed by atoms with van der Waals surface area (Å²) in [6.07, 6.45) is 0.731. The molecule has 0 saturated heterocycles. The fourth-order valence-electron chi connectivity index (χ4n) is 1.24. The first-order valence-corrected chi connectivity index (χ1v) is 4.95. The Hall–Kier alpha value is -1.42. The van der Waals surface area contributed by atoms with Gasteiger partial charge in [0.1, 0.15) is 11.6 Å². The average Bonchev–Trinajstić information content (AvgIpc) is 2.70. The number of rotatable bonds is 2. The Labute approximate surface area is 91.3 Å². The molecule has 15 heavy (non-hydrogen) atoms. The van der Waals surface area contributed by atoms with Crippen LogP contribution >= 0.6 is 11.6 Å². The van der Waals surface area contributed by atoms with Gasteiger partial charge in [-0.15, -0.1) is 0 Å². The Morgan fingerprint density at radius 3 is 2.93 bits per heavy atom. The van der Waals surface area contributed by atoms with Crippen LogP contribution in [0.25, 0.3) is 11.4 Å². The van der Waals surface area contributed by atoms with Crippen molar-refractivity contribution in [2.75, 3.05) is 0 Å². The predicted molar refractivity (Wildman–Crippen MR) is 56.2 cm³/mol. The number of H-pyrrole nitrogens is 1. The van der Waals surface area contributed by atoms with Crippen LogP contribution in [-0.2, 0) is 6.42 Å². The topological polar surface area (TPSA) is 41.6 Å². The van der Waals surface area contributed by atoms with Crippen LogP contribution in [0.4, 0.5) is 4.39 Å². The van der Waals surface area contributed by atoms with E-state index in [9.17, 15) is 4.39 Å². The Kier molecular flexibility index (Phi) is 2.68. The minimum atomic E-state index is -0.374. The van der Waals surface area contributed by atoms with Crippen LogP contribution in [0.2, 0.25) is 5.02 Å². The van der Waals surface area contributed by atoms with Crippen LogP contribution in [0, 0.1) is 5.82 Å². The molecule has 2 rings (SSSR count). The van der Waals surface area contributed by atoms with Crippen molar-refractivity contribution in [1.82, 2.24) is 15.2 Å². The van der Waals surface area contributed by atoms with Crippen LogP contribution < -0.4 is 0 Å². The van der Waals surface area contributed by atoms with Gasteiger partial charge in [-0.05, 0) is 18.2 Å². The molecule has 1 N–H and O–H groups in total. The molecule has 1 heterocycles. The van der Waals surface area contributed by atoms with E-state index in [-0.39, 0.29) is 5.82 Å². The summed E-state index contributed by atoms with van der Waals surface area (Å²) in [6, 6.07) is 4.31. The summed E-state index contributed by atoms with van der Waals surface area (Å²) in [6.45, 7) is 1.94. The van der Waals surface area contributed by atoms with Gasteiger partial charge in [-0.25, -0.2) is 9.37 Å².